The largest absolute Gasteiger partial charge is 0.501 e. The minimum absolute atomic E-state index is 0.0197. The van der Waals surface area contributed by atoms with Crippen LogP contribution < -0.4 is 5.56 Å². The normalized spacial score (nSPS) is 12.3. The average molecular weight is 417 g/mol. The molecule has 13 heteroatoms. The zero-order chi connectivity index (χ0) is 20.9. The Balaban J connectivity index is 2.28. The number of hydrogen-bond acceptors (Lipinski definition) is 6. The second-order valence-electron chi connectivity index (χ2n) is 5.44. The first-order valence-corrected chi connectivity index (χ1v) is 8.69. The smallest absolute Gasteiger partial charge is 0.268 e. The Morgan fingerprint density at radius 2 is 1.79 bits per heavy atom. The number of non-ortho nitro benzene ring substituents is 1. The van der Waals surface area contributed by atoms with Gasteiger partial charge in [0, 0.05) is 12.1 Å². The molecule has 0 aliphatic heterocycles. The van der Waals surface area contributed by atoms with Crippen molar-refractivity contribution in [2.24, 2.45) is 0 Å². The predicted molar refractivity (Wildman–Crippen MR) is 87.2 cm³/mol. The number of aromatic nitrogens is 2. The standard InChI is InChI=1S/C15H7F4N3O5S/c16-11-3-2-9(28(26,27)15(17,18)19)6-13(11)21-7-20-12-4-1-8(22(24)25)5-10(12)14(21)23/h1-7H. The first-order chi connectivity index (χ1) is 12.9. The zero-order valence-electron chi connectivity index (χ0n) is 13.3. The number of hydrogen-bond donors (Lipinski definition) is 0. The molecule has 0 unspecified atom stereocenters. The molecule has 0 bridgehead atoms. The molecular weight excluding hydrogens is 410 g/mol. The van der Waals surface area contributed by atoms with Crippen molar-refractivity contribution >= 4 is 26.4 Å². The van der Waals surface area contributed by atoms with Crippen LogP contribution in [0.4, 0.5) is 23.2 Å². The molecule has 0 saturated carbocycles. The van der Waals surface area contributed by atoms with Gasteiger partial charge in [0.25, 0.3) is 21.1 Å². The van der Waals surface area contributed by atoms with Crippen LogP contribution in [0.15, 0.2) is 52.4 Å². The molecule has 0 N–H and O–H groups in total. The topological polar surface area (TPSA) is 112 Å². The molecule has 0 aliphatic carbocycles. The van der Waals surface area contributed by atoms with Crippen molar-refractivity contribution in [1.29, 1.82) is 0 Å². The Morgan fingerprint density at radius 3 is 2.39 bits per heavy atom. The summed E-state index contributed by atoms with van der Waals surface area (Å²) in [6.45, 7) is 0. The molecule has 0 radical (unpaired) electrons. The lowest BCUT2D eigenvalue weighted by atomic mass is 10.2. The molecule has 1 heterocycles. The maximum absolute atomic E-state index is 14.2. The van der Waals surface area contributed by atoms with Crippen LogP contribution >= 0.6 is 0 Å². The van der Waals surface area contributed by atoms with Gasteiger partial charge in [0.05, 0.1) is 26.4 Å². The molecule has 0 saturated heterocycles. The monoisotopic (exact) mass is 417 g/mol. The Hall–Kier alpha value is -3.35. The minimum atomic E-state index is -5.79. The molecule has 0 atom stereocenters. The summed E-state index contributed by atoms with van der Waals surface area (Å²) in [5, 5.41) is 10.6. The van der Waals surface area contributed by atoms with Crippen molar-refractivity contribution in [3.8, 4) is 5.69 Å². The molecule has 1 aromatic heterocycles. The lowest BCUT2D eigenvalue weighted by molar-refractivity contribution is -0.384. The number of fused-ring (bicyclic) bond motifs is 1. The Labute approximate surface area is 152 Å². The molecule has 0 spiro atoms. The second kappa shape index (κ2) is 6.37. The molecule has 146 valence electrons. The lowest BCUT2D eigenvalue weighted by Gasteiger charge is -2.12. The van der Waals surface area contributed by atoms with Crippen molar-refractivity contribution < 1.29 is 30.9 Å². The lowest BCUT2D eigenvalue weighted by Crippen LogP contribution is -2.24. The molecule has 0 aliphatic rings. The van der Waals surface area contributed by atoms with Gasteiger partial charge < -0.3 is 0 Å². The summed E-state index contributed by atoms with van der Waals surface area (Å²) in [5.74, 6) is -1.20. The number of sulfone groups is 1. The third-order valence-corrected chi connectivity index (χ3v) is 5.23. The van der Waals surface area contributed by atoms with Crippen LogP contribution in [0.2, 0.25) is 0 Å². The van der Waals surface area contributed by atoms with Gasteiger partial charge in [0.15, 0.2) is 0 Å². The van der Waals surface area contributed by atoms with Gasteiger partial charge in [0.1, 0.15) is 12.1 Å². The first-order valence-electron chi connectivity index (χ1n) is 7.20. The molecular formula is C15H7F4N3O5S. The van der Waals surface area contributed by atoms with Crippen LogP contribution in [-0.2, 0) is 9.84 Å². The van der Waals surface area contributed by atoms with Crippen LogP contribution in [0.5, 0.6) is 0 Å². The van der Waals surface area contributed by atoms with Crippen molar-refractivity contribution in [3.63, 3.8) is 0 Å². The van der Waals surface area contributed by atoms with Gasteiger partial charge in [-0.3, -0.25) is 19.5 Å². The van der Waals surface area contributed by atoms with E-state index in [1.165, 1.54) is 6.07 Å². The van der Waals surface area contributed by atoms with Gasteiger partial charge in [-0.1, -0.05) is 0 Å². The molecule has 28 heavy (non-hydrogen) atoms. The summed E-state index contributed by atoms with van der Waals surface area (Å²) in [6, 6.07) is 4.32. The average Bonchev–Trinajstić information content (AvgIpc) is 2.61. The summed E-state index contributed by atoms with van der Waals surface area (Å²) in [7, 11) is -5.79. The van der Waals surface area contributed by atoms with E-state index < -0.39 is 47.9 Å². The van der Waals surface area contributed by atoms with E-state index in [2.05, 4.69) is 4.98 Å². The highest BCUT2D eigenvalue weighted by Gasteiger charge is 2.47. The maximum Gasteiger partial charge on any atom is 0.501 e. The molecule has 3 rings (SSSR count). The molecule has 0 amide bonds. The van der Waals surface area contributed by atoms with Crippen LogP contribution in [0.1, 0.15) is 0 Å². The van der Waals surface area contributed by atoms with Gasteiger partial charge in [-0.05, 0) is 24.3 Å². The number of rotatable bonds is 3. The fourth-order valence-electron chi connectivity index (χ4n) is 2.37. The van der Waals surface area contributed by atoms with E-state index in [1.54, 1.807) is 0 Å². The van der Waals surface area contributed by atoms with Gasteiger partial charge in [0.2, 0.25) is 0 Å². The van der Waals surface area contributed by atoms with E-state index in [4.69, 9.17) is 0 Å². The fourth-order valence-corrected chi connectivity index (χ4v) is 3.15. The molecule has 3 aromatic rings. The number of nitrogens with zero attached hydrogens (tertiary/aromatic N) is 3. The predicted octanol–water partition coefficient (Wildman–Crippen LogP) is 2.73. The van der Waals surface area contributed by atoms with Gasteiger partial charge in [-0.25, -0.2) is 17.8 Å². The van der Waals surface area contributed by atoms with Crippen LogP contribution in [0, 0.1) is 15.9 Å². The number of alkyl halides is 3. The number of nitro benzene ring substituents is 1. The van der Waals surface area contributed by atoms with Crippen molar-refractivity contribution in [1.82, 2.24) is 9.55 Å². The summed E-state index contributed by atoms with van der Waals surface area (Å²) in [6.07, 6.45) is 0.777. The van der Waals surface area contributed by atoms with Crippen molar-refractivity contribution in [2.75, 3.05) is 0 Å². The molecule has 0 fully saturated rings. The Kier molecular flexibility index (Phi) is 4.41. The van der Waals surface area contributed by atoms with Crippen LogP contribution in [-0.4, -0.2) is 28.4 Å². The molecule has 8 nitrogen and oxygen atoms in total. The third kappa shape index (κ3) is 3.09. The number of halogens is 4. The highest BCUT2D eigenvalue weighted by molar-refractivity contribution is 7.92. The SMILES string of the molecule is O=c1c2cc([N+](=O)[O-])ccc2ncn1-c1cc(S(=O)(=O)C(F)(F)F)ccc1F. The molecule has 2 aromatic carbocycles. The van der Waals surface area contributed by atoms with E-state index in [1.807, 2.05) is 0 Å². The Bertz CT molecular complexity index is 1290. The van der Waals surface area contributed by atoms with E-state index >= 15 is 0 Å². The number of nitro groups is 1. The third-order valence-electron chi connectivity index (χ3n) is 3.74. The number of benzene rings is 2. The summed E-state index contributed by atoms with van der Waals surface area (Å²) in [5.41, 5.74) is -7.91. The summed E-state index contributed by atoms with van der Waals surface area (Å²) >= 11 is 0. The summed E-state index contributed by atoms with van der Waals surface area (Å²) in [4.78, 5) is 25.2. The van der Waals surface area contributed by atoms with Gasteiger partial charge in [-0.15, -0.1) is 0 Å². The Morgan fingerprint density at radius 1 is 1.11 bits per heavy atom. The highest BCUT2D eigenvalue weighted by Crippen LogP contribution is 2.31. The van der Waals surface area contributed by atoms with Gasteiger partial charge >= 0.3 is 5.51 Å². The van der Waals surface area contributed by atoms with Crippen LogP contribution in [0.25, 0.3) is 16.6 Å². The van der Waals surface area contributed by atoms with E-state index in [0.29, 0.717) is 22.8 Å². The van der Waals surface area contributed by atoms with Crippen molar-refractivity contribution in [2.45, 2.75) is 10.4 Å². The van der Waals surface area contributed by atoms with Crippen LogP contribution in [0.3, 0.4) is 0 Å². The highest BCUT2D eigenvalue weighted by atomic mass is 32.2. The zero-order valence-corrected chi connectivity index (χ0v) is 14.2. The second-order valence-corrected chi connectivity index (χ2v) is 7.38. The maximum atomic E-state index is 14.2. The fraction of sp³-hybridized carbons (Fsp3) is 0.0667. The van der Waals surface area contributed by atoms with Crippen molar-refractivity contribution in [3.05, 3.63) is 69.0 Å². The van der Waals surface area contributed by atoms with E-state index in [9.17, 15) is 40.9 Å². The quantitative estimate of drug-likeness (QED) is 0.280. The summed E-state index contributed by atoms with van der Waals surface area (Å²) < 4.78 is 75.9. The first kappa shape index (κ1) is 19.4. The minimum Gasteiger partial charge on any atom is -0.268 e. The van der Waals surface area contributed by atoms with E-state index in [-0.39, 0.29) is 10.9 Å². The van der Waals surface area contributed by atoms with E-state index in [0.717, 1.165) is 18.5 Å². The van der Waals surface area contributed by atoms with Gasteiger partial charge in [-0.2, -0.15) is 13.2 Å².